The Morgan fingerprint density at radius 3 is 2.67 bits per heavy atom. The molecule has 0 saturated carbocycles. The number of anilines is 1. The van der Waals surface area contributed by atoms with Gasteiger partial charge in [-0.25, -0.2) is 14.8 Å². The van der Waals surface area contributed by atoms with Crippen molar-refractivity contribution in [1.82, 2.24) is 14.5 Å². The molecule has 2 N–H and O–H groups in total. The van der Waals surface area contributed by atoms with Crippen molar-refractivity contribution in [1.29, 1.82) is 0 Å². The highest BCUT2D eigenvalue weighted by Crippen LogP contribution is 2.37. The molecular weight excluding hydrogens is 384 g/mol. The minimum absolute atomic E-state index is 0.164. The molecule has 0 bridgehead atoms. The van der Waals surface area contributed by atoms with E-state index in [1.165, 1.54) is 0 Å². The van der Waals surface area contributed by atoms with Gasteiger partial charge in [0.15, 0.2) is 17.1 Å². The van der Waals surface area contributed by atoms with E-state index in [4.69, 9.17) is 29.9 Å². The summed E-state index contributed by atoms with van der Waals surface area (Å²) in [6.07, 6.45) is 0.454. The normalized spacial score (nSPS) is 13.7. The number of nitrogens with zero attached hydrogens (tertiary/aromatic N) is 3. The Bertz CT molecular complexity index is 1300. The third-order valence-corrected chi connectivity index (χ3v) is 5.20. The largest absolute Gasteiger partial charge is 0.459 e. The van der Waals surface area contributed by atoms with Crippen LogP contribution in [0, 0.1) is 0 Å². The summed E-state index contributed by atoms with van der Waals surface area (Å²) in [4.78, 5) is 22.4. The zero-order valence-corrected chi connectivity index (χ0v) is 16.6. The van der Waals surface area contributed by atoms with E-state index in [9.17, 15) is 4.79 Å². The Hall–Kier alpha value is -3.81. The van der Waals surface area contributed by atoms with Gasteiger partial charge in [-0.1, -0.05) is 19.1 Å². The topological polar surface area (TPSA) is 101 Å². The maximum absolute atomic E-state index is 13.0. The number of carbonyl (C=O) groups excluding carboxylic acids is 1. The number of carbonyl (C=O) groups is 1. The quantitative estimate of drug-likeness (QED) is 0.516. The minimum atomic E-state index is -0.518. The lowest BCUT2D eigenvalue weighted by atomic mass is 10.2. The average molecular weight is 404 g/mol. The summed E-state index contributed by atoms with van der Waals surface area (Å²) >= 11 is 0. The molecule has 30 heavy (non-hydrogen) atoms. The van der Waals surface area contributed by atoms with E-state index in [0.29, 0.717) is 45.8 Å². The summed E-state index contributed by atoms with van der Waals surface area (Å²) in [5, 5.41) is 0. The van der Waals surface area contributed by atoms with Crippen LogP contribution in [0.1, 0.15) is 30.6 Å². The number of ether oxygens (including phenoxy) is 3. The van der Waals surface area contributed by atoms with Gasteiger partial charge in [-0.15, -0.1) is 0 Å². The molecule has 4 aromatic rings. The maximum atomic E-state index is 13.0. The molecular formula is C22H20N4O4. The smallest absolute Gasteiger partial charge is 0.344 e. The second kappa shape index (κ2) is 6.91. The summed E-state index contributed by atoms with van der Waals surface area (Å²) < 4.78 is 18.2. The van der Waals surface area contributed by atoms with Crippen molar-refractivity contribution < 1.29 is 19.0 Å². The van der Waals surface area contributed by atoms with E-state index in [1.807, 2.05) is 44.2 Å². The molecule has 0 saturated heterocycles. The average Bonchev–Trinajstić information content (AvgIpc) is 3.32. The van der Waals surface area contributed by atoms with Crippen LogP contribution in [-0.2, 0) is 4.74 Å². The lowest BCUT2D eigenvalue weighted by Crippen LogP contribution is -2.15. The SMILES string of the molecule is CC[C@H](C)OC(=O)c1c(N)n(-c2ccc3c(c2)OCO3)c2nc3ccccc3nc12. The van der Waals surface area contributed by atoms with Crippen LogP contribution >= 0.6 is 0 Å². The van der Waals surface area contributed by atoms with E-state index < -0.39 is 5.97 Å². The first kappa shape index (κ1) is 18.2. The predicted molar refractivity (Wildman–Crippen MR) is 112 cm³/mol. The summed E-state index contributed by atoms with van der Waals surface area (Å²) in [5.41, 5.74) is 9.63. The highest BCUT2D eigenvalue weighted by atomic mass is 16.7. The van der Waals surface area contributed by atoms with E-state index >= 15 is 0 Å². The monoisotopic (exact) mass is 404 g/mol. The summed E-state index contributed by atoms with van der Waals surface area (Å²) in [5.74, 6) is 0.955. The van der Waals surface area contributed by atoms with Crippen molar-refractivity contribution in [3.05, 3.63) is 48.0 Å². The summed E-state index contributed by atoms with van der Waals surface area (Å²) in [6, 6.07) is 12.9. The molecule has 2 aromatic heterocycles. The van der Waals surface area contributed by atoms with Crippen molar-refractivity contribution in [2.45, 2.75) is 26.4 Å². The zero-order chi connectivity index (χ0) is 20.8. The number of nitrogen functional groups attached to an aromatic ring is 1. The molecule has 0 fully saturated rings. The van der Waals surface area contributed by atoms with Gasteiger partial charge in [-0.3, -0.25) is 4.57 Å². The number of benzene rings is 2. The highest BCUT2D eigenvalue weighted by Gasteiger charge is 2.27. The van der Waals surface area contributed by atoms with Gasteiger partial charge in [0.1, 0.15) is 16.9 Å². The maximum Gasteiger partial charge on any atom is 0.344 e. The van der Waals surface area contributed by atoms with Gasteiger partial charge in [0, 0.05) is 6.07 Å². The van der Waals surface area contributed by atoms with Crippen molar-refractivity contribution >= 4 is 34.0 Å². The van der Waals surface area contributed by atoms with Crippen LogP contribution in [0.3, 0.4) is 0 Å². The molecule has 0 spiro atoms. The lowest BCUT2D eigenvalue weighted by Gasteiger charge is -2.11. The fraction of sp³-hybridized carbons (Fsp3) is 0.227. The number of hydrogen-bond acceptors (Lipinski definition) is 7. The summed E-state index contributed by atoms with van der Waals surface area (Å²) in [7, 11) is 0. The predicted octanol–water partition coefficient (Wildman–Crippen LogP) is 3.84. The second-order valence-corrected chi connectivity index (χ2v) is 7.14. The molecule has 2 aromatic carbocycles. The van der Waals surface area contributed by atoms with Gasteiger partial charge >= 0.3 is 5.97 Å². The Kier molecular flexibility index (Phi) is 4.20. The second-order valence-electron chi connectivity index (χ2n) is 7.14. The van der Waals surface area contributed by atoms with Crippen LogP contribution < -0.4 is 15.2 Å². The molecule has 3 heterocycles. The Labute approximate surface area is 172 Å². The van der Waals surface area contributed by atoms with Gasteiger partial charge in [0.05, 0.1) is 22.8 Å². The van der Waals surface area contributed by atoms with Crippen LogP contribution in [0.4, 0.5) is 5.82 Å². The molecule has 1 aliphatic heterocycles. The number of para-hydroxylation sites is 2. The molecule has 1 aliphatic rings. The van der Waals surface area contributed by atoms with Crippen LogP contribution in [0.5, 0.6) is 11.5 Å². The molecule has 5 rings (SSSR count). The number of hydrogen-bond donors (Lipinski definition) is 1. The number of esters is 1. The van der Waals surface area contributed by atoms with Crippen molar-refractivity contribution in [3.8, 4) is 17.2 Å². The molecule has 152 valence electrons. The van der Waals surface area contributed by atoms with Crippen molar-refractivity contribution in [3.63, 3.8) is 0 Å². The van der Waals surface area contributed by atoms with Gasteiger partial charge in [0.25, 0.3) is 0 Å². The van der Waals surface area contributed by atoms with Gasteiger partial charge in [-0.2, -0.15) is 0 Å². The van der Waals surface area contributed by atoms with Gasteiger partial charge < -0.3 is 19.9 Å². The van der Waals surface area contributed by atoms with Crippen LogP contribution in [0.15, 0.2) is 42.5 Å². The van der Waals surface area contributed by atoms with Gasteiger partial charge in [-0.05, 0) is 37.6 Å². The molecule has 0 amide bonds. The van der Waals surface area contributed by atoms with Crippen LogP contribution in [0.2, 0.25) is 0 Å². The fourth-order valence-corrected chi connectivity index (χ4v) is 3.47. The van der Waals surface area contributed by atoms with E-state index in [2.05, 4.69) is 0 Å². The van der Waals surface area contributed by atoms with Crippen LogP contribution in [0.25, 0.3) is 27.9 Å². The first-order valence-corrected chi connectivity index (χ1v) is 9.74. The number of fused-ring (bicyclic) bond motifs is 3. The number of rotatable bonds is 4. The molecule has 1 atom stereocenters. The molecule has 0 radical (unpaired) electrons. The first-order valence-electron chi connectivity index (χ1n) is 9.74. The first-order chi connectivity index (χ1) is 14.6. The Balaban J connectivity index is 1.78. The third kappa shape index (κ3) is 2.80. The van der Waals surface area contributed by atoms with E-state index in [0.717, 1.165) is 0 Å². The van der Waals surface area contributed by atoms with E-state index in [-0.39, 0.29) is 24.3 Å². The minimum Gasteiger partial charge on any atom is -0.459 e. The molecule has 8 heteroatoms. The Morgan fingerprint density at radius 1 is 1.17 bits per heavy atom. The molecule has 0 unspecified atom stereocenters. The zero-order valence-electron chi connectivity index (χ0n) is 16.6. The van der Waals surface area contributed by atoms with Crippen molar-refractivity contribution in [2.24, 2.45) is 0 Å². The molecule has 0 aliphatic carbocycles. The third-order valence-electron chi connectivity index (χ3n) is 5.20. The standard InChI is InChI=1S/C22H20N4O4/c1-3-12(2)30-22(27)18-19-21(25-15-7-5-4-6-14(15)24-19)26(20(18)23)13-8-9-16-17(10-13)29-11-28-16/h4-10,12H,3,11,23H2,1-2H3/t12-/m0/s1. The highest BCUT2D eigenvalue weighted by molar-refractivity contribution is 6.09. The number of aromatic nitrogens is 3. The van der Waals surface area contributed by atoms with Crippen molar-refractivity contribution in [2.75, 3.05) is 12.5 Å². The lowest BCUT2D eigenvalue weighted by molar-refractivity contribution is 0.0338. The van der Waals surface area contributed by atoms with Crippen LogP contribution in [-0.4, -0.2) is 33.4 Å². The number of nitrogens with two attached hydrogens (primary N) is 1. The van der Waals surface area contributed by atoms with E-state index in [1.54, 1.807) is 16.7 Å². The Morgan fingerprint density at radius 2 is 1.90 bits per heavy atom. The fourth-order valence-electron chi connectivity index (χ4n) is 3.47. The van der Waals surface area contributed by atoms with Gasteiger partial charge in [0.2, 0.25) is 6.79 Å². The molecule has 8 nitrogen and oxygen atoms in total. The summed E-state index contributed by atoms with van der Waals surface area (Å²) in [6.45, 7) is 3.95.